The highest BCUT2D eigenvalue weighted by Gasteiger charge is 2.52. The van der Waals surface area contributed by atoms with Crippen molar-refractivity contribution in [2.24, 2.45) is 0 Å². The fourth-order valence-electron chi connectivity index (χ4n) is 3.16. The molecule has 0 aromatic heterocycles. The van der Waals surface area contributed by atoms with Gasteiger partial charge in [0.15, 0.2) is 17.1 Å². The van der Waals surface area contributed by atoms with Crippen LogP contribution in [0.5, 0.6) is 0 Å². The van der Waals surface area contributed by atoms with Gasteiger partial charge in [-0.3, -0.25) is 4.79 Å². The lowest BCUT2D eigenvalue weighted by atomic mass is 9.94. The minimum Gasteiger partial charge on any atom is -0.361 e. The molecule has 27 heavy (non-hydrogen) atoms. The summed E-state index contributed by atoms with van der Waals surface area (Å²) < 4.78 is 20.4. The van der Waals surface area contributed by atoms with Gasteiger partial charge in [0.1, 0.15) is 6.04 Å². The Kier molecular flexibility index (Phi) is 5.14. The first-order valence-electron chi connectivity index (χ1n) is 8.76. The van der Waals surface area contributed by atoms with Crippen LogP contribution in [-0.4, -0.2) is 20.5 Å². The highest BCUT2D eigenvalue weighted by Crippen LogP contribution is 2.40. The maximum Gasteiger partial charge on any atom is 0.266 e. The summed E-state index contributed by atoms with van der Waals surface area (Å²) in [6.07, 6.45) is -0.639. The molecule has 0 saturated carbocycles. The Hall–Kier alpha value is -2.76. The molecule has 0 aliphatic carbocycles. The van der Waals surface area contributed by atoms with Crippen molar-refractivity contribution < 1.29 is 13.7 Å². The molecule has 1 aliphatic heterocycles. The van der Waals surface area contributed by atoms with Gasteiger partial charge in [0, 0.05) is 0 Å². The largest absolute Gasteiger partial charge is 0.361 e. The summed E-state index contributed by atoms with van der Waals surface area (Å²) in [6.45, 7) is 0.340. The van der Waals surface area contributed by atoms with Gasteiger partial charge < -0.3 is 4.74 Å². The molecule has 0 bridgehead atoms. The molecule has 1 amide bonds. The van der Waals surface area contributed by atoms with E-state index < -0.39 is 17.1 Å². The second-order valence-corrected chi connectivity index (χ2v) is 7.66. The molecular weight excluding hydrogens is 358 g/mol. The molecule has 4 nitrogen and oxygen atoms in total. The number of amides is 1. The first-order valence-corrected chi connectivity index (χ1v) is 9.87. The summed E-state index contributed by atoms with van der Waals surface area (Å²) in [6, 6.07) is 28.0. The third kappa shape index (κ3) is 3.56. The molecule has 1 heterocycles. The van der Waals surface area contributed by atoms with Crippen LogP contribution in [0.2, 0.25) is 0 Å². The van der Waals surface area contributed by atoms with E-state index in [2.05, 4.69) is 0 Å². The molecular formula is C22H19NO3S. The van der Waals surface area contributed by atoms with E-state index in [0.29, 0.717) is 11.5 Å². The second-order valence-electron chi connectivity index (χ2n) is 6.30. The van der Waals surface area contributed by atoms with E-state index in [1.807, 2.05) is 78.9 Å². The molecule has 1 fully saturated rings. The highest BCUT2D eigenvalue weighted by molar-refractivity contribution is 7.83. The Morgan fingerprint density at radius 3 is 2.00 bits per heavy atom. The van der Waals surface area contributed by atoms with Crippen LogP contribution in [0.4, 0.5) is 0 Å². The Bertz CT molecular complexity index is 932. The van der Waals surface area contributed by atoms with Crippen molar-refractivity contribution in [2.45, 2.75) is 23.6 Å². The molecule has 0 spiro atoms. The van der Waals surface area contributed by atoms with Crippen molar-refractivity contribution in [3.05, 3.63) is 102 Å². The van der Waals surface area contributed by atoms with E-state index in [1.54, 1.807) is 12.1 Å². The Morgan fingerprint density at radius 2 is 1.37 bits per heavy atom. The quantitative estimate of drug-likeness (QED) is 0.613. The van der Waals surface area contributed by atoms with Crippen LogP contribution in [-0.2, 0) is 27.1 Å². The van der Waals surface area contributed by atoms with Crippen molar-refractivity contribution >= 4 is 16.9 Å². The lowest BCUT2D eigenvalue weighted by Gasteiger charge is -2.45. The summed E-state index contributed by atoms with van der Waals surface area (Å²) in [7, 11) is -1.57. The average Bonchev–Trinajstić information content (AvgIpc) is 2.74. The van der Waals surface area contributed by atoms with Gasteiger partial charge in [-0.15, -0.1) is 0 Å². The number of hydrogen-bond acceptors (Lipinski definition) is 3. The van der Waals surface area contributed by atoms with Crippen molar-refractivity contribution in [1.82, 2.24) is 4.31 Å². The third-order valence-electron chi connectivity index (χ3n) is 4.54. The topological polar surface area (TPSA) is 46.6 Å². The zero-order valence-electron chi connectivity index (χ0n) is 14.6. The van der Waals surface area contributed by atoms with E-state index in [4.69, 9.17) is 4.74 Å². The van der Waals surface area contributed by atoms with Gasteiger partial charge in [0.2, 0.25) is 0 Å². The van der Waals surface area contributed by atoms with Crippen LogP contribution in [0, 0.1) is 0 Å². The SMILES string of the molecule is O=C1[C@H](OCc2ccccc2)[C@H](c2ccccc2)N1S(=O)c1ccccc1. The number of ether oxygens (including phenoxy) is 1. The molecule has 3 aromatic carbocycles. The first-order chi connectivity index (χ1) is 13.3. The van der Waals surface area contributed by atoms with E-state index in [0.717, 1.165) is 11.1 Å². The molecule has 136 valence electrons. The molecule has 1 aliphatic rings. The normalized spacial score (nSPS) is 20.1. The van der Waals surface area contributed by atoms with Crippen molar-refractivity contribution in [3.8, 4) is 0 Å². The summed E-state index contributed by atoms with van der Waals surface area (Å²) >= 11 is 0. The number of β-lactam (4-membered cyclic amide) rings is 1. The zero-order valence-corrected chi connectivity index (χ0v) is 15.4. The van der Waals surface area contributed by atoms with Crippen molar-refractivity contribution in [2.75, 3.05) is 0 Å². The van der Waals surface area contributed by atoms with Gasteiger partial charge in [0.25, 0.3) is 5.91 Å². The van der Waals surface area contributed by atoms with E-state index >= 15 is 0 Å². The Morgan fingerprint density at radius 1 is 0.815 bits per heavy atom. The molecule has 3 atom stereocenters. The van der Waals surface area contributed by atoms with Crippen LogP contribution in [0.3, 0.4) is 0 Å². The molecule has 0 N–H and O–H groups in total. The van der Waals surface area contributed by atoms with Crippen LogP contribution in [0.25, 0.3) is 0 Å². The number of nitrogens with zero attached hydrogens (tertiary/aromatic N) is 1. The van der Waals surface area contributed by atoms with Crippen LogP contribution in [0.1, 0.15) is 17.2 Å². The maximum absolute atomic E-state index is 13.0. The van der Waals surface area contributed by atoms with Crippen molar-refractivity contribution in [1.29, 1.82) is 0 Å². The molecule has 0 radical (unpaired) electrons. The molecule has 5 heteroatoms. The van der Waals surface area contributed by atoms with Crippen molar-refractivity contribution in [3.63, 3.8) is 0 Å². The van der Waals surface area contributed by atoms with Gasteiger partial charge in [-0.1, -0.05) is 78.9 Å². The van der Waals surface area contributed by atoms with Gasteiger partial charge in [-0.05, 0) is 23.3 Å². The monoisotopic (exact) mass is 377 g/mol. The zero-order chi connectivity index (χ0) is 18.6. The minimum atomic E-state index is -1.57. The number of hydrogen-bond donors (Lipinski definition) is 0. The second kappa shape index (κ2) is 7.86. The number of carbonyl (C=O) groups excluding carboxylic acids is 1. The number of rotatable bonds is 6. The Labute approximate surface area is 161 Å². The van der Waals surface area contributed by atoms with Crippen LogP contribution >= 0.6 is 0 Å². The van der Waals surface area contributed by atoms with Crippen LogP contribution < -0.4 is 0 Å². The smallest absolute Gasteiger partial charge is 0.266 e. The minimum absolute atomic E-state index is 0.248. The van der Waals surface area contributed by atoms with E-state index in [1.165, 1.54) is 4.31 Å². The summed E-state index contributed by atoms with van der Waals surface area (Å²) in [5.74, 6) is -0.248. The standard InChI is InChI=1S/C22H19NO3S/c24-22-21(26-16-17-10-4-1-5-11-17)20(18-12-6-2-7-13-18)23(22)27(25)19-14-8-3-9-15-19/h1-15,20-21H,16H2/t20-,21+,27?/m0/s1. The third-order valence-corrected chi connectivity index (χ3v) is 5.98. The molecule has 1 saturated heterocycles. The highest BCUT2D eigenvalue weighted by atomic mass is 32.2. The summed E-state index contributed by atoms with van der Waals surface area (Å²) in [5, 5.41) is 0. The van der Waals surface area contributed by atoms with E-state index in [-0.39, 0.29) is 11.9 Å². The molecule has 1 unspecified atom stereocenters. The van der Waals surface area contributed by atoms with Gasteiger partial charge in [-0.25, -0.2) is 8.51 Å². The summed E-state index contributed by atoms with van der Waals surface area (Å²) in [5.41, 5.74) is 1.92. The average molecular weight is 377 g/mol. The first kappa shape index (κ1) is 17.6. The fourth-order valence-corrected chi connectivity index (χ4v) is 4.48. The van der Waals surface area contributed by atoms with E-state index in [9.17, 15) is 9.00 Å². The van der Waals surface area contributed by atoms with Gasteiger partial charge in [0.05, 0.1) is 11.5 Å². The fraction of sp³-hybridized carbons (Fsp3) is 0.136. The number of benzene rings is 3. The predicted molar refractivity (Wildman–Crippen MR) is 104 cm³/mol. The lowest BCUT2D eigenvalue weighted by Crippen LogP contribution is -2.60. The molecule has 3 aromatic rings. The van der Waals surface area contributed by atoms with Crippen LogP contribution in [0.15, 0.2) is 95.9 Å². The predicted octanol–water partition coefficient (Wildman–Crippen LogP) is 3.88. The number of carbonyl (C=O) groups is 1. The Balaban J connectivity index is 1.58. The van der Waals surface area contributed by atoms with Gasteiger partial charge >= 0.3 is 0 Å². The lowest BCUT2D eigenvalue weighted by molar-refractivity contribution is -0.164. The summed E-state index contributed by atoms with van der Waals surface area (Å²) in [4.78, 5) is 13.4. The van der Waals surface area contributed by atoms with Gasteiger partial charge in [-0.2, -0.15) is 0 Å². The maximum atomic E-state index is 13.0. The molecule has 4 rings (SSSR count).